The second-order valence-electron chi connectivity index (χ2n) is 4.34. The molecule has 1 saturated heterocycles. The smallest absolute Gasteiger partial charge is 0.152 e. The molecule has 1 aliphatic heterocycles. The molecule has 0 aliphatic carbocycles. The van der Waals surface area contributed by atoms with E-state index in [-0.39, 0.29) is 5.60 Å². The molecule has 0 aromatic heterocycles. The van der Waals surface area contributed by atoms with Crippen molar-refractivity contribution in [2.24, 2.45) is 0 Å². The Labute approximate surface area is 91.1 Å². The molecule has 1 fully saturated rings. The van der Waals surface area contributed by atoms with E-state index in [9.17, 15) is 0 Å². The van der Waals surface area contributed by atoms with Gasteiger partial charge in [-0.05, 0) is 30.9 Å². The molecule has 1 aliphatic rings. The summed E-state index contributed by atoms with van der Waals surface area (Å²) in [4.78, 5) is 10.1. The molecule has 1 unspecified atom stereocenters. The highest BCUT2D eigenvalue weighted by atomic mass is 17.2. The molecule has 1 heterocycles. The summed E-state index contributed by atoms with van der Waals surface area (Å²) in [5.41, 5.74) is 2.46. The lowest BCUT2D eigenvalue weighted by Gasteiger charge is -2.37. The van der Waals surface area contributed by atoms with Gasteiger partial charge in [-0.3, -0.25) is 0 Å². The summed E-state index contributed by atoms with van der Waals surface area (Å²) >= 11 is 0. The van der Waals surface area contributed by atoms with Crippen molar-refractivity contribution in [1.82, 2.24) is 0 Å². The van der Waals surface area contributed by atoms with Gasteiger partial charge in [0.2, 0.25) is 0 Å². The van der Waals surface area contributed by atoms with Crippen LogP contribution in [0.1, 0.15) is 37.8 Å². The lowest BCUT2D eigenvalue weighted by atomic mass is 9.89. The second kappa shape index (κ2) is 4.33. The minimum absolute atomic E-state index is 0.218. The van der Waals surface area contributed by atoms with Gasteiger partial charge in [0.1, 0.15) is 6.61 Å². The molecule has 0 amide bonds. The summed E-state index contributed by atoms with van der Waals surface area (Å²) in [5.74, 6) is 0. The van der Waals surface area contributed by atoms with Crippen LogP contribution in [0, 0.1) is 0 Å². The molecular formula is C13H18O2. The van der Waals surface area contributed by atoms with Gasteiger partial charge in [-0.25, -0.2) is 9.78 Å². The van der Waals surface area contributed by atoms with E-state index in [4.69, 9.17) is 9.78 Å². The molecule has 2 heteroatoms. The number of rotatable bonds is 4. The van der Waals surface area contributed by atoms with E-state index in [0.29, 0.717) is 6.61 Å². The molecule has 82 valence electrons. The standard InChI is InChI=1S/C13H18O2/c1-3-4-7-11-8-5-6-9-12(11)13(2)10-14-15-13/h5-6,8-9H,3-4,7,10H2,1-2H3. The molecule has 0 radical (unpaired) electrons. The van der Waals surface area contributed by atoms with Crippen molar-refractivity contribution in [3.8, 4) is 0 Å². The predicted octanol–water partition coefficient (Wildman–Crippen LogP) is 3.21. The minimum Gasteiger partial charge on any atom is -0.232 e. The summed E-state index contributed by atoms with van der Waals surface area (Å²) in [6.07, 6.45) is 3.59. The Balaban J connectivity index is 2.21. The van der Waals surface area contributed by atoms with Crippen LogP contribution in [0.15, 0.2) is 24.3 Å². The number of hydrogen-bond acceptors (Lipinski definition) is 2. The molecule has 15 heavy (non-hydrogen) atoms. The van der Waals surface area contributed by atoms with Gasteiger partial charge < -0.3 is 0 Å². The van der Waals surface area contributed by atoms with E-state index in [1.807, 2.05) is 0 Å². The fraction of sp³-hybridized carbons (Fsp3) is 0.538. The average Bonchev–Trinajstić information content (AvgIpc) is 2.23. The Kier molecular flexibility index (Phi) is 3.08. The third kappa shape index (κ3) is 2.06. The quantitative estimate of drug-likeness (QED) is 0.704. The highest BCUT2D eigenvalue weighted by molar-refractivity contribution is 5.33. The lowest BCUT2D eigenvalue weighted by Crippen LogP contribution is -2.42. The van der Waals surface area contributed by atoms with Crippen molar-refractivity contribution in [1.29, 1.82) is 0 Å². The first kappa shape index (κ1) is 10.7. The summed E-state index contributed by atoms with van der Waals surface area (Å²) in [6.45, 7) is 4.96. The van der Waals surface area contributed by atoms with E-state index in [1.165, 1.54) is 24.0 Å². The Morgan fingerprint density at radius 3 is 2.67 bits per heavy atom. The Morgan fingerprint density at radius 1 is 1.33 bits per heavy atom. The maximum absolute atomic E-state index is 5.22. The first-order valence-electron chi connectivity index (χ1n) is 5.65. The summed E-state index contributed by atoms with van der Waals surface area (Å²) in [7, 11) is 0. The second-order valence-corrected chi connectivity index (χ2v) is 4.34. The monoisotopic (exact) mass is 206 g/mol. The van der Waals surface area contributed by atoms with Crippen molar-refractivity contribution >= 4 is 0 Å². The van der Waals surface area contributed by atoms with E-state index in [1.54, 1.807) is 0 Å². The van der Waals surface area contributed by atoms with Crippen LogP contribution in [0.3, 0.4) is 0 Å². The molecule has 0 saturated carbocycles. The topological polar surface area (TPSA) is 18.5 Å². The largest absolute Gasteiger partial charge is 0.232 e. The van der Waals surface area contributed by atoms with E-state index in [0.717, 1.165) is 6.42 Å². The SMILES string of the molecule is CCCCc1ccccc1C1(C)COO1. The summed E-state index contributed by atoms with van der Waals surface area (Å²) in [5, 5.41) is 0. The predicted molar refractivity (Wildman–Crippen MR) is 59.4 cm³/mol. The van der Waals surface area contributed by atoms with Crippen LogP contribution in [0.2, 0.25) is 0 Å². The zero-order chi connectivity index (χ0) is 10.7. The maximum Gasteiger partial charge on any atom is 0.152 e. The van der Waals surface area contributed by atoms with Gasteiger partial charge in [-0.1, -0.05) is 37.6 Å². The van der Waals surface area contributed by atoms with Gasteiger partial charge in [0, 0.05) is 0 Å². The van der Waals surface area contributed by atoms with Crippen molar-refractivity contribution in [3.63, 3.8) is 0 Å². The van der Waals surface area contributed by atoms with Crippen LogP contribution in [0.5, 0.6) is 0 Å². The normalized spacial score (nSPS) is 24.9. The van der Waals surface area contributed by atoms with Crippen molar-refractivity contribution in [3.05, 3.63) is 35.4 Å². The van der Waals surface area contributed by atoms with Crippen LogP contribution >= 0.6 is 0 Å². The molecule has 1 aromatic carbocycles. The molecule has 1 atom stereocenters. The fourth-order valence-corrected chi connectivity index (χ4v) is 1.98. The highest BCUT2D eigenvalue weighted by Crippen LogP contribution is 2.35. The van der Waals surface area contributed by atoms with Crippen LogP contribution in [0.25, 0.3) is 0 Å². The average molecular weight is 206 g/mol. The molecule has 0 bridgehead atoms. The lowest BCUT2D eigenvalue weighted by molar-refractivity contribution is -0.474. The number of unbranched alkanes of at least 4 members (excludes halogenated alkanes) is 1. The Bertz CT molecular complexity index is 329. The molecule has 2 nitrogen and oxygen atoms in total. The van der Waals surface area contributed by atoms with Crippen LogP contribution in [-0.2, 0) is 21.8 Å². The van der Waals surface area contributed by atoms with Gasteiger partial charge in [-0.2, -0.15) is 0 Å². The van der Waals surface area contributed by atoms with Gasteiger partial charge in [0.25, 0.3) is 0 Å². The molecular weight excluding hydrogens is 188 g/mol. The van der Waals surface area contributed by atoms with Gasteiger partial charge in [-0.15, -0.1) is 0 Å². The Morgan fingerprint density at radius 2 is 2.07 bits per heavy atom. The third-order valence-electron chi connectivity index (χ3n) is 2.96. The van der Waals surface area contributed by atoms with Gasteiger partial charge in [0.05, 0.1) is 0 Å². The maximum atomic E-state index is 5.22. The van der Waals surface area contributed by atoms with Crippen LogP contribution in [0.4, 0.5) is 0 Å². The third-order valence-corrected chi connectivity index (χ3v) is 2.96. The van der Waals surface area contributed by atoms with Gasteiger partial charge >= 0.3 is 0 Å². The molecule has 0 spiro atoms. The zero-order valence-electron chi connectivity index (χ0n) is 9.45. The van der Waals surface area contributed by atoms with Crippen LogP contribution in [-0.4, -0.2) is 6.61 Å². The number of hydrogen-bond donors (Lipinski definition) is 0. The molecule has 2 rings (SSSR count). The first-order valence-corrected chi connectivity index (χ1v) is 5.65. The van der Waals surface area contributed by atoms with E-state index < -0.39 is 0 Å². The summed E-state index contributed by atoms with van der Waals surface area (Å²) < 4.78 is 0. The van der Waals surface area contributed by atoms with Crippen molar-refractivity contribution in [2.45, 2.75) is 38.7 Å². The highest BCUT2D eigenvalue weighted by Gasteiger charge is 2.39. The van der Waals surface area contributed by atoms with Crippen molar-refractivity contribution < 1.29 is 9.78 Å². The first-order chi connectivity index (χ1) is 7.26. The minimum atomic E-state index is -0.218. The zero-order valence-corrected chi connectivity index (χ0v) is 9.45. The van der Waals surface area contributed by atoms with E-state index in [2.05, 4.69) is 38.1 Å². The van der Waals surface area contributed by atoms with Crippen molar-refractivity contribution in [2.75, 3.05) is 6.61 Å². The molecule has 0 N–H and O–H groups in total. The number of benzene rings is 1. The Hall–Kier alpha value is -0.860. The fourth-order valence-electron chi connectivity index (χ4n) is 1.98. The number of aryl methyl sites for hydroxylation is 1. The molecule has 1 aromatic rings. The van der Waals surface area contributed by atoms with Gasteiger partial charge in [0.15, 0.2) is 5.60 Å². The van der Waals surface area contributed by atoms with E-state index >= 15 is 0 Å². The summed E-state index contributed by atoms with van der Waals surface area (Å²) in [6, 6.07) is 8.50. The van der Waals surface area contributed by atoms with Crippen LogP contribution < -0.4 is 0 Å².